The summed E-state index contributed by atoms with van der Waals surface area (Å²) in [5, 5.41) is 11.1. The Kier molecular flexibility index (Phi) is 6.59. The maximum atomic E-state index is 9.85. The van der Waals surface area contributed by atoms with Crippen molar-refractivity contribution in [1.29, 1.82) is 0 Å². The van der Waals surface area contributed by atoms with E-state index in [1.54, 1.807) is 23.9 Å². The van der Waals surface area contributed by atoms with E-state index < -0.39 is 0 Å². The minimum absolute atomic E-state index is 0.357. The Morgan fingerprint density at radius 3 is 2.50 bits per heavy atom. The second kappa shape index (κ2) is 7.44. The summed E-state index contributed by atoms with van der Waals surface area (Å²) in [5.74, 6) is 1.08. The number of hydrogen-bond acceptors (Lipinski definition) is 2. The van der Waals surface area contributed by atoms with Crippen molar-refractivity contribution in [3.63, 3.8) is 0 Å². The van der Waals surface area contributed by atoms with Crippen LogP contribution in [0.1, 0.15) is 18.4 Å². The van der Waals surface area contributed by atoms with Gasteiger partial charge in [-0.1, -0.05) is 29.3 Å². The molecule has 0 radical (unpaired) electrons. The number of aliphatic hydroxyl groups excluding tert-OH is 1. The van der Waals surface area contributed by atoms with Crippen LogP contribution in [0.15, 0.2) is 18.2 Å². The number of rotatable bonds is 6. The van der Waals surface area contributed by atoms with Gasteiger partial charge in [0.15, 0.2) is 0 Å². The van der Waals surface area contributed by atoms with E-state index >= 15 is 0 Å². The summed E-state index contributed by atoms with van der Waals surface area (Å²) in [6.45, 7) is 0. The molecular formula is C12H16Cl2OS. The lowest BCUT2D eigenvalue weighted by atomic mass is 10.0. The van der Waals surface area contributed by atoms with Crippen molar-refractivity contribution in [2.24, 2.45) is 0 Å². The summed E-state index contributed by atoms with van der Waals surface area (Å²) in [7, 11) is 0. The summed E-state index contributed by atoms with van der Waals surface area (Å²) < 4.78 is 0. The molecule has 1 N–H and O–H groups in total. The van der Waals surface area contributed by atoms with Crippen LogP contribution in [0.5, 0.6) is 0 Å². The van der Waals surface area contributed by atoms with E-state index in [1.807, 2.05) is 6.07 Å². The van der Waals surface area contributed by atoms with E-state index in [9.17, 15) is 5.11 Å². The van der Waals surface area contributed by atoms with Crippen molar-refractivity contribution in [3.05, 3.63) is 33.8 Å². The van der Waals surface area contributed by atoms with E-state index in [0.717, 1.165) is 24.2 Å². The Bertz CT molecular complexity index is 311. The Morgan fingerprint density at radius 1 is 1.31 bits per heavy atom. The van der Waals surface area contributed by atoms with Crippen molar-refractivity contribution >= 4 is 35.0 Å². The van der Waals surface area contributed by atoms with Gasteiger partial charge in [0.25, 0.3) is 0 Å². The molecular weight excluding hydrogens is 263 g/mol. The van der Waals surface area contributed by atoms with Gasteiger partial charge in [0.2, 0.25) is 0 Å². The van der Waals surface area contributed by atoms with Crippen molar-refractivity contribution in [2.75, 3.05) is 12.0 Å². The number of aliphatic hydroxyl groups is 1. The first kappa shape index (κ1) is 14.2. The molecule has 16 heavy (non-hydrogen) atoms. The smallest absolute Gasteiger partial charge is 0.0581 e. The van der Waals surface area contributed by atoms with E-state index in [0.29, 0.717) is 16.5 Å². The number of benzene rings is 1. The van der Waals surface area contributed by atoms with Gasteiger partial charge in [-0.25, -0.2) is 0 Å². The van der Waals surface area contributed by atoms with Crippen LogP contribution in [-0.4, -0.2) is 23.2 Å². The molecule has 0 saturated carbocycles. The second-order valence-electron chi connectivity index (χ2n) is 3.69. The predicted molar refractivity (Wildman–Crippen MR) is 73.8 cm³/mol. The van der Waals surface area contributed by atoms with E-state index in [4.69, 9.17) is 23.2 Å². The van der Waals surface area contributed by atoms with Gasteiger partial charge in [-0.2, -0.15) is 11.8 Å². The Morgan fingerprint density at radius 2 is 1.94 bits per heavy atom. The van der Waals surface area contributed by atoms with Crippen LogP contribution in [0.4, 0.5) is 0 Å². The van der Waals surface area contributed by atoms with Crippen molar-refractivity contribution < 1.29 is 5.11 Å². The quantitative estimate of drug-likeness (QED) is 0.793. The van der Waals surface area contributed by atoms with Gasteiger partial charge in [0, 0.05) is 16.5 Å². The third kappa shape index (κ3) is 4.54. The number of hydrogen-bond donors (Lipinski definition) is 1. The van der Waals surface area contributed by atoms with E-state index in [-0.39, 0.29) is 6.10 Å². The zero-order valence-corrected chi connectivity index (χ0v) is 11.6. The van der Waals surface area contributed by atoms with E-state index in [2.05, 4.69) is 6.26 Å². The van der Waals surface area contributed by atoms with Gasteiger partial charge < -0.3 is 5.11 Å². The molecule has 1 rings (SSSR count). The zero-order chi connectivity index (χ0) is 12.0. The van der Waals surface area contributed by atoms with Crippen molar-refractivity contribution in [3.8, 4) is 0 Å². The molecule has 0 fully saturated rings. The molecule has 1 nitrogen and oxygen atoms in total. The van der Waals surface area contributed by atoms with Gasteiger partial charge in [0.05, 0.1) is 6.10 Å². The Labute approximate surface area is 111 Å². The molecule has 1 unspecified atom stereocenters. The van der Waals surface area contributed by atoms with Crippen LogP contribution in [0.25, 0.3) is 0 Å². The Balaban J connectivity index is 2.52. The molecule has 0 aliphatic heterocycles. The predicted octanol–water partition coefficient (Wildman–Crippen LogP) is 4.04. The topological polar surface area (TPSA) is 20.2 Å². The van der Waals surface area contributed by atoms with Gasteiger partial charge in [-0.3, -0.25) is 0 Å². The first-order valence-electron chi connectivity index (χ1n) is 5.25. The maximum absolute atomic E-state index is 9.85. The summed E-state index contributed by atoms with van der Waals surface area (Å²) in [5.41, 5.74) is 0.850. The lowest BCUT2D eigenvalue weighted by Gasteiger charge is -2.12. The summed E-state index contributed by atoms with van der Waals surface area (Å²) in [4.78, 5) is 0. The standard InChI is InChI=1S/C12H16Cl2OS/c1-16-7-3-4-9(15)8-10-11(13)5-2-6-12(10)14/h2,5-6,9,15H,3-4,7-8H2,1H3. The fraction of sp³-hybridized carbons (Fsp3) is 0.500. The molecule has 0 aliphatic carbocycles. The fourth-order valence-electron chi connectivity index (χ4n) is 1.53. The molecule has 0 saturated heterocycles. The van der Waals surface area contributed by atoms with Crippen LogP contribution in [0.2, 0.25) is 10.0 Å². The van der Waals surface area contributed by atoms with E-state index in [1.165, 1.54) is 0 Å². The maximum Gasteiger partial charge on any atom is 0.0581 e. The fourth-order valence-corrected chi connectivity index (χ4v) is 2.54. The normalized spacial score (nSPS) is 12.8. The highest BCUT2D eigenvalue weighted by molar-refractivity contribution is 7.98. The van der Waals surface area contributed by atoms with Gasteiger partial charge in [-0.05, 0) is 42.5 Å². The second-order valence-corrected chi connectivity index (χ2v) is 5.49. The molecule has 0 bridgehead atoms. The molecule has 0 aliphatic rings. The van der Waals surface area contributed by atoms with Crippen LogP contribution in [0, 0.1) is 0 Å². The molecule has 4 heteroatoms. The third-order valence-electron chi connectivity index (χ3n) is 2.39. The Hall–Kier alpha value is 0.110. The molecule has 90 valence electrons. The molecule has 1 atom stereocenters. The highest BCUT2D eigenvalue weighted by Gasteiger charge is 2.11. The summed E-state index contributed by atoms with van der Waals surface area (Å²) in [6, 6.07) is 5.42. The summed E-state index contributed by atoms with van der Waals surface area (Å²) >= 11 is 13.9. The molecule has 0 spiro atoms. The molecule has 0 aromatic heterocycles. The first-order valence-corrected chi connectivity index (χ1v) is 7.40. The molecule has 1 aromatic carbocycles. The van der Waals surface area contributed by atoms with Crippen LogP contribution < -0.4 is 0 Å². The van der Waals surface area contributed by atoms with Gasteiger partial charge in [-0.15, -0.1) is 0 Å². The van der Waals surface area contributed by atoms with Crippen molar-refractivity contribution in [1.82, 2.24) is 0 Å². The van der Waals surface area contributed by atoms with Gasteiger partial charge in [0.1, 0.15) is 0 Å². The summed E-state index contributed by atoms with van der Waals surface area (Å²) in [6.07, 6.45) is 4.06. The number of halogens is 2. The van der Waals surface area contributed by atoms with Crippen LogP contribution in [-0.2, 0) is 6.42 Å². The molecule has 0 amide bonds. The van der Waals surface area contributed by atoms with Crippen molar-refractivity contribution in [2.45, 2.75) is 25.4 Å². The third-order valence-corrected chi connectivity index (χ3v) is 3.79. The lowest BCUT2D eigenvalue weighted by Crippen LogP contribution is -2.11. The minimum atomic E-state index is -0.357. The lowest BCUT2D eigenvalue weighted by molar-refractivity contribution is 0.164. The highest BCUT2D eigenvalue weighted by Crippen LogP contribution is 2.26. The average Bonchev–Trinajstić information content (AvgIpc) is 2.24. The largest absolute Gasteiger partial charge is 0.393 e. The SMILES string of the molecule is CSCCCC(O)Cc1c(Cl)cccc1Cl. The minimum Gasteiger partial charge on any atom is -0.393 e. The number of thioether (sulfide) groups is 1. The van der Waals surface area contributed by atoms with Gasteiger partial charge >= 0.3 is 0 Å². The molecule has 0 heterocycles. The first-order chi connectivity index (χ1) is 7.65. The van der Waals surface area contributed by atoms with Crippen LogP contribution >= 0.6 is 35.0 Å². The monoisotopic (exact) mass is 278 g/mol. The highest BCUT2D eigenvalue weighted by atomic mass is 35.5. The van der Waals surface area contributed by atoms with Crippen LogP contribution in [0.3, 0.4) is 0 Å². The molecule has 1 aromatic rings. The zero-order valence-electron chi connectivity index (χ0n) is 9.25. The average molecular weight is 279 g/mol.